The zero-order valence-corrected chi connectivity index (χ0v) is 39.4. The van der Waals surface area contributed by atoms with Gasteiger partial charge in [0.15, 0.2) is 19.7 Å². The van der Waals surface area contributed by atoms with Crippen LogP contribution in [0.2, 0.25) is 43.8 Å². The Kier molecular flexibility index (Phi) is 11.3. The number of ketones is 1. The lowest BCUT2D eigenvalue weighted by atomic mass is 9.48. The van der Waals surface area contributed by atoms with E-state index in [1.54, 1.807) is 13.0 Å². The molecule has 4 aliphatic rings. The van der Waals surface area contributed by atoms with E-state index in [1.807, 2.05) is 72.8 Å². The average molecular weight is 885 g/mol. The van der Waals surface area contributed by atoms with E-state index >= 15 is 4.79 Å². The predicted molar refractivity (Wildman–Crippen MR) is 236 cm³/mol. The summed E-state index contributed by atoms with van der Waals surface area (Å²) in [5, 5.41) is 36.0. The van der Waals surface area contributed by atoms with Crippen molar-refractivity contribution in [3.05, 3.63) is 112 Å². The number of hydrogen-bond donors (Lipinski definition) is 2. The van der Waals surface area contributed by atoms with Crippen molar-refractivity contribution >= 4 is 27.9 Å². The van der Waals surface area contributed by atoms with Crippen molar-refractivity contribution in [2.24, 2.45) is 17.0 Å². The molecule has 1 aliphatic heterocycles. The Balaban J connectivity index is 1.29. The van der Waals surface area contributed by atoms with Crippen molar-refractivity contribution in [2.75, 3.05) is 20.5 Å². The molecule has 2 N–H and O–H groups in total. The summed E-state index contributed by atoms with van der Waals surface area (Å²) in [5.41, 5.74) is -3.49. The van der Waals surface area contributed by atoms with Crippen LogP contribution >= 0.6 is 0 Å². The quantitative estimate of drug-likeness (QED) is 0.0666. The van der Waals surface area contributed by atoms with Gasteiger partial charge in [0, 0.05) is 33.3 Å². The average Bonchev–Trinajstić information content (AvgIpc) is 3.85. The molecule has 0 radical (unpaired) electrons. The fourth-order valence-electron chi connectivity index (χ4n) is 9.25. The Hall–Kier alpha value is -4.20. The summed E-state index contributed by atoms with van der Waals surface area (Å²) in [6, 6.07) is 25.6. The predicted octanol–water partition coefficient (Wildman–Crippen LogP) is 8.63. The number of carbonyl (C=O) groups excluding carboxylic acids is 1. The van der Waals surface area contributed by atoms with Gasteiger partial charge in [-0.2, -0.15) is 0 Å². The van der Waals surface area contributed by atoms with Crippen LogP contribution in [-0.4, -0.2) is 75.0 Å². The highest BCUT2D eigenvalue weighted by molar-refractivity contribution is 6.76. The van der Waals surface area contributed by atoms with Gasteiger partial charge >= 0.3 is 0 Å². The van der Waals surface area contributed by atoms with Crippen LogP contribution in [0.3, 0.4) is 0 Å². The minimum absolute atomic E-state index is 0.0515. The van der Waals surface area contributed by atoms with Crippen LogP contribution in [0.25, 0.3) is 0 Å². The van der Waals surface area contributed by atoms with Gasteiger partial charge < -0.3 is 47.7 Å². The Bertz CT molecular complexity index is 2330. The third-order valence-electron chi connectivity index (χ3n) is 13.9. The highest BCUT2D eigenvalue weighted by atomic mass is 28.4. The van der Waals surface area contributed by atoms with Gasteiger partial charge in [-0.15, -0.1) is 0 Å². The van der Waals surface area contributed by atoms with Crippen molar-refractivity contribution < 1.29 is 52.5 Å². The van der Waals surface area contributed by atoms with E-state index in [9.17, 15) is 10.2 Å². The molecule has 4 aromatic rings. The molecule has 62 heavy (non-hydrogen) atoms. The van der Waals surface area contributed by atoms with E-state index in [4.69, 9.17) is 37.5 Å². The van der Waals surface area contributed by atoms with Gasteiger partial charge in [-0.05, 0) is 59.9 Å². The number of benzene rings is 3. The van der Waals surface area contributed by atoms with Gasteiger partial charge in [-0.3, -0.25) is 4.79 Å². The summed E-state index contributed by atoms with van der Waals surface area (Å²) >= 11 is 0. The van der Waals surface area contributed by atoms with Gasteiger partial charge in [0.05, 0.1) is 5.56 Å². The van der Waals surface area contributed by atoms with E-state index in [0.29, 0.717) is 23.5 Å². The first-order valence-corrected chi connectivity index (χ1v) is 28.0. The van der Waals surface area contributed by atoms with E-state index in [-0.39, 0.29) is 54.4 Å². The lowest BCUT2D eigenvalue weighted by molar-refractivity contribution is -0.328. The first-order chi connectivity index (χ1) is 29.2. The molecule has 2 heterocycles. The second-order valence-electron chi connectivity index (χ2n) is 20.0. The van der Waals surface area contributed by atoms with Crippen molar-refractivity contribution in [2.45, 2.75) is 120 Å². The minimum atomic E-state index is -2.74. The van der Waals surface area contributed by atoms with Gasteiger partial charge in [0.25, 0.3) is 11.7 Å². The Morgan fingerprint density at radius 2 is 1.53 bits per heavy atom. The molecule has 1 fully saturated rings. The van der Waals surface area contributed by atoms with Crippen molar-refractivity contribution in [1.29, 1.82) is 0 Å². The summed E-state index contributed by atoms with van der Waals surface area (Å²) in [7, 11) is -2.74. The number of fused-ring (bicyclic) bond motifs is 5. The van der Waals surface area contributed by atoms with Crippen molar-refractivity contribution in [3.8, 4) is 11.6 Å². The first-order valence-electron chi connectivity index (χ1n) is 21.4. The molecule has 0 unspecified atom stereocenters. The third kappa shape index (κ3) is 7.09. The standard InChI is InChI=1S/C47H60N2O11Si2/c1-43(2,3)62(9,10)59-37-33-26-45(51)39-40(46(33,52)41(50)35-38(37)58-49-42(35)56-28-31-20-15-12-16-21-31)48-60-47(39,53-5)36-32(44(45,4)57-29-54-24-25-61(6,7)8)22-17-23-34(36)55-27-30-18-13-11-14-19-30/h11-23,33,37,39,51-52H,24-29H2,1-10H3/t33-,37+,39-,44+,45+,46-,47+/m0/s1. The van der Waals surface area contributed by atoms with Gasteiger partial charge in [-0.1, -0.05) is 118 Å². The number of oxime groups is 1. The summed E-state index contributed by atoms with van der Waals surface area (Å²) in [6.45, 7) is 19.7. The molecule has 13 nitrogen and oxygen atoms in total. The van der Waals surface area contributed by atoms with Crippen LogP contribution in [0, 0.1) is 11.8 Å². The minimum Gasteiger partial charge on any atom is -0.488 e. The molecule has 8 rings (SSSR count). The van der Waals surface area contributed by atoms with Crippen LogP contribution in [0.1, 0.15) is 78.6 Å². The monoisotopic (exact) mass is 884 g/mol. The molecule has 3 aliphatic carbocycles. The van der Waals surface area contributed by atoms with Crippen LogP contribution in [-0.2, 0) is 48.1 Å². The SMILES string of the molecule is CO[C@]12ON=C3[C@H]1[C@](O)(C[C@H]1[C@@H](O[Si](C)(C)C(C)(C)C)c4onc(OCc5ccccc5)c4C(=O)[C@@]31O)[C@](C)(OCOCC[Si](C)(C)C)c1cccc(OCc3ccccc3)c12. The fraction of sp³-hybridized carbons (Fsp3) is 0.511. The number of hydrogen-bond acceptors (Lipinski definition) is 13. The summed E-state index contributed by atoms with van der Waals surface area (Å²) in [4.78, 5) is 21.8. The summed E-state index contributed by atoms with van der Waals surface area (Å²) < 4.78 is 45.5. The topological polar surface area (TPSA) is 161 Å². The maximum absolute atomic E-state index is 15.4. The van der Waals surface area contributed by atoms with Gasteiger partial charge in [0.1, 0.15) is 60.3 Å². The molecule has 3 aromatic carbocycles. The molecule has 332 valence electrons. The fourth-order valence-corrected chi connectivity index (χ4v) is 11.3. The number of carbonyl (C=O) groups is 1. The summed E-state index contributed by atoms with van der Waals surface area (Å²) in [5.74, 6) is -4.70. The van der Waals surface area contributed by atoms with E-state index < -0.39 is 62.7 Å². The summed E-state index contributed by atoms with van der Waals surface area (Å²) in [6.07, 6.45) is -1.33. The second-order valence-corrected chi connectivity index (χ2v) is 30.3. The molecule has 7 atom stereocenters. The van der Waals surface area contributed by atoms with E-state index in [0.717, 1.165) is 17.2 Å². The van der Waals surface area contributed by atoms with Crippen molar-refractivity contribution in [3.63, 3.8) is 0 Å². The van der Waals surface area contributed by atoms with E-state index in [2.05, 4.69) is 63.8 Å². The van der Waals surface area contributed by atoms with Gasteiger partial charge in [0.2, 0.25) is 5.78 Å². The molecule has 0 spiro atoms. The van der Waals surface area contributed by atoms with Crippen LogP contribution in [0.5, 0.6) is 11.6 Å². The number of Topliss-reactive ketones (excluding diaryl/α,β-unsaturated/α-hetero) is 1. The lowest BCUT2D eigenvalue weighted by Gasteiger charge is -2.62. The first kappa shape index (κ1) is 44.4. The van der Waals surface area contributed by atoms with Gasteiger partial charge in [-0.25, -0.2) is 0 Å². The lowest BCUT2D eigenvalue weighted by Crippen LogP contribution is -2.76. The highest BCUT2D eigenvalue weighted by Crippen LogP contribution is 2.68. The number of aromatic nitrogens is 1. The second kappa shape index (κ2) is 15.8. The van der Waals surface area contributed by atoms with Crippen LogP contribution in [0.15, 0.2) is 88.5 Å². The molecular formula is C47H60N2O11Si2. The zero-order valence-electron chi connectivity index (χ0n) is 37.4. The molecule has 1 saturated carbocycles. The third-order valence-corrected chi connectivity index (χ3v) is 20.0. The van der Waals surface area contributed by atoms with Crippen molar-refractivity contribution in [1.82, 2.24) is 5.16 Å². The molecule has 0 saturated heterocycles. The maximum Gasteiger partial charge on any atom is 0.278 e. The Labute approximate surface area is 365 Å². The Morgan fingerprint density at radius 1 is 0.887 bits per heavy atom. The zero-order chi connectivity index (χ0) is 44.5. The normalized spacial score (nSPS) is 28.9. The maximum atomic E-state index is 15.4. The molecule has 0 amide bonds. The van der Waals surface area contributed by atoms with E-state index in [1.165, 1.54) is 7.11 Å². The van der Waals surface area contributed by atoms with Crippen LogP contribution in [0.4, 0.5) is 0 Å². The molecule has 0 bridgehead atoms. The Morgan fingerprint density at radius 3 is 2.15 bits per heavy atom. The number of ether oxygens (including phenoxy) is 5. The smallest absolute Gasteiger partial charge is 0.278 e. The number of nitrogens with zero attached hydrogens (tertiary/aromatic N) is 2. The number of aliphatic hydroxyl groups is 2. The number of methoxy groups -OCH3 is 1. The van der Waals surface area contributed by atoms with Crippen LogP contribution < -0.4 is 9.47 Å². The number of rotatable bonds is 15. The molecular weight excluding hydrogens is 825 g/mol. The largest absolute Gasteiger partial charge is 0.488 e. The highest BCUT2D eigenvalue weighted by Gasteiger charge is 2.81. The molecule has 1 aromatic heterocycles. The molecule has 15 heteroatoms.